The largest absolute Gasteiger partial charge is 0.336 e. The zero-order chi connectivity index (χ0) is 31.6. The Kier molecular flexibility index (Phi) is 6.47. The monoisotopic (exact) mass is 606 g/mol. The van der Waals surface area contributed by atoms with Gasteiger partial charge in [-0.1, -0.05) is 116 Å². The van der Waals surface area contributed by atoms with E-state index in [9.17, 15) is 0 Å². The number of aromatic nitrogens is 2. The van der Waals surface area contributed by atoms with E-state index in [4.69, 9.17) is 0 Å². The van der Waals surface area contributed by atoms with E-state index in [1.165, 1.54) is 71.4 Å². The van der Waals surface area contributed by atoms with E-state index in [2.05, 4.69) is 163 Å². The van der Waals surface area contributed by atoms with Crippen molar-refractivity contribution in [1.29, 1.82) is 0 Å². The van der Waals surface area contributed by atoms with Crippen LogP contribution < -0.4 is 0 Å². The Labute approximate surface area is 276 Å². The first-order valence-electron chi connectivity index (χ1n) is 16.9. The van der Waals surface area contributed by atoms with Crippen molar-refractivity contribution in [3.05, 3.63) is 157 Å². The van der Waals surface area contributed by atoms with Crippen molar-refractivity contribution in [1.82, 2.24) is 9.13 Å². The number of fused-ring (bicyclic) bond motifs is 6. The van der Waals surface area contributed by atoms with E-state index < -0.39 is 0 Å². The van der Waals surface area contributed by atoms with Crippen LogP contribution in [0.3, 0.4) is 0 Å². The minimum atomic E-state index is 0.251. The molecule has 2 heteroatoms. The van der Waals surface area contributed by atoms with Crippen molar-refractivity contribution >= 4 is 55.3 Å². The minimum Gasteiger partial charge on any atom is -0.336 e. The molecule has 2 aromatic heterocycles. The van der Waals surface area contributed by atoms with Gasteiger partial charge in [0.1, 0.15) is 0 Å². The van der Waals surface area contributed by atoms with Gasteiger partial charge < -0.3 is 9.13 Å². The lowest BCUT2D eigenvalue weighted by Gasteiger charge is -2.22. The summed E-state index contributed by atoms with van der Waals surface area (Å²) in [5.41, 5.74) is 12.9. The highest BCUT2D eigenvalue weighted by Crippen LogP contribution is 2.43. The number of nitrogens with zero attached hydrogens (tertiary/aromatic N) is 2. The molecule has 0 aliphatic heterocycles. The van der Waals surface area contributed by atoms with Crippen LogP contribution in [0.1, 0.15) is 49.9 Å². The molecule has 0 amide bonds. The Balaban J connectivity index is 1.17. The smallest absolute Gasteiger partial charge is 0.0560 e. The van der Waals surface area contributed by atoms with Crippen LogP contribution >= 0.6 is 0 Å². The summed E-state index contributed by atoms with van der Waals surface area (Å²) in [5.74, 6) is 0.535. The Bertz CT molecular complexity index is 2460. The van der Waals surface area contributed by atoms with Crippen LogP contribution in [0.4, 0.5) is 0 Å². The maximum Gasteiger partial charge on any atom is 0.0560 e. The summed E-state index contributed by atoms with van der Waals surface area (Å²) < 4.78 is 5.14. The van der Waals surface area contributed by atoms with E-state index in [1.54, 1.807) is 0 Å². The Morgan fingerprint density at radius 2 is 1.26 bits per heavy atom. The molecule has 5 aromatic carbocycles. The predicted octanol–water partition coefficient (Wildman–Crippen LogP) is 12.3. The van der Waals surface area contributed by atoms with Gasteiger partial charge in [0, 0.05) is 49.7 Å². The maximum atomic E-state index is 4.08. The molecule has 0 radical (unpaired) electrons. The zero-order valence-electron chi connectivity index (χ0n) is 27.0. The molecule has 1 unspecified atom stereocenters. The van der Waals surface area contributed by atoms with E-state index in [1.807, 2.05) is 6.08 Å². The molecule has 2 heterocycles. The van der Waals surface area contributed by atoms with Crippen molar-refractivity contribution in [2.24, 2.45) is 5.92 Å². The Morgan fingerprint density at radius 1 is 0.617 bits per heavy atom. The molecule has 0 fully saturated rings. The molecule has 0 saturated carbocycles. The third-order valence-corrected chi connectivity index (χ3v) is 10.9. The fraction of sp³-hybridized carbons (Fsp3) is 0.156. The van der Waals surface area contributed by atoms with Crippen LogP contribution in [-0.2, 0) is 0 Å². The molecule has 3 atom stereocenters. The normalized spacial score (nSPS) is 19.6. The number of benzene rings is 5. The van der Waals surface area contributed by atoms with Crippen molar-refractivity contribution in [2.75, 3.05) is 0 Å². The lowest BCUT2D eigenvalue weighted by molar-refractivity contribution is 0.447. The van der Waals surface area contributed by atoms with Gasteiger partial charge in [0.2, 0.25) is 0 Å². The van der Waals surface area contributed by atoms with Gasteiger partial charge in [-0.25, -0.2) is 0 Å². The van der Waals surface area contributed by atoms with Crippen molar-refractivity contribution in [3.8, 4) is 11.1 Å². The summed E-state index contributed by atoms with van der Waals surface area (Å²) in [6, 6.07) is 41.3. The van der Waals surface area contributed by atoms with Gasteiger partial charge >= 0.3 is 0 Å². The van der Waals surface area contributed by atoms with Gasteiger partial charge in [-0.15, -0.1) is 0 Å². The highest BCUT2D eigenvalue weighted by molar-refractivity contribution is 6.12. The minimum absolute atomic E-state index is 0.251. The lowest BCUT2D eigenvalue weighted by Crippen LogP contribution is -2.13. The molecular weight excluding hydrogens is 569 g/mol. The Hall–Kier alpha value is -5.34. The lowest BCUT2D eigenvalue weighted by atomic mass is 9.97. The van der Waals surface area contributed by atoms with E-state index in [-0.39, 0.29) is 6.04 Å². The van der Waals surface area contributed by atoms with Gasteiger partial charge in [0.25, 0.3) is 0 Å². The number of hydrogen-bond donors (Lipinski definition) is 0. The Morgan fingerprint density at radius 3 is 1.94 bits per heavy atom. The highest BCUT2D eigenvalue weighted by Gasteiger charge is 2.28. The summed E-state index contributed by atoms with van der Waals surface area (Å²) in [6.07, 6.45) is 13.5. The van der Waals surface area contributed by atoms with Crippen LogP contribution in [-0.4, -0.2) is 9.13 Å². The molecule has 2 nitrogen and oxygen atoms in total. The second-order valence-corrected chi connectivity index (χ2v) is 13.4. The van der Waals surface area contributed by atoms with Gasteiger partial charge in [-0.3, -0.25) is 0 Å². The van der Waals surface area contributed by atoms with Crippen LogP contribution in [0.25, 0.3) is 66.4 Å². The number of hydrogen-bond acceptors (Lipinski definition) is 0. The fourth-order valence-electron chi connectivity index (χ4n) is 8.25. The first-order chi connectivity index (χ1) is 23.1. The van der Waals surface area contributed by atoms with Gasteiger partial charge in [-0.05, 0) is 96.0 Å². The summed E-state index contributed by atoms with van der Waals surface area (Å²) in [7, 11) is 0. The van der Waals surface area contributed by atoms with Crippen LogP contribution in [0, 0.1) is 5.92 Å². The summed E-state index contributed by atoms with van der Waals surface area (Å²) in [6.45, 7) is 8.74. The van der Waals surface area contributed by atoms with Gasteiger partial charge in [0.05, 0.1) is 6.04 Å². The first-order valence-corrected chi connectivity index (χ1v) is 16.9. The maximum absolute atomic E-state index is 4.08. The second-order valence-electron chi connectivity index (χ2n) is 13.4. The molecule has 47 heavy (non-hydrogen) atoms. The average molecular weight is 607 g/mol. The van der Waals surface area contributed by atoms with Gasteiger partial charge in [0.15, 0.2) is 0 Å². The molecule has 0 spiro atoms. The molecule has 0 saturated heterocycles. The predicted molar refractivity (Wildman–Crippen MR) is 202 cm³/mol. The molecule has 228 valence electrons. The second kappa shape index (κ2) is 10.9. The molecule has 2 aliphatic carbocycles. The summed E-state index contributed by atoms with van der Waals surface area (Å²) in [4.78, 5) is 0. The van der Waals surface area contributed by atoms with Crippen LogP contribution in [0.15, 0.2) is 146 Å². The molecule has 0 N–H and O–H groups in total. The van der Waals surface area contributed by atoms with E-state index >= 15 is 0 Å². The van der Waals surface area contributed by atoms with Crippen molar-refractivity contribution in [2.45, 2.75) is 38.8 Å². The van der Waals surface area contributed by atoms with Gasteiger partial charge in [-0.2, -0.15) is 0 Å². The molecule has 7 aromatic rings. The number of allylic oxidation sites excluding steroid dienone is 6. The van der Waals surface area contributed by atoms with Crippen molar-refractivity contribution < 1.29 is 0 Å². The highest BCUT2D eigenvalue weighted by atomic mass is 15.0. The van der Waals surface area contributed by atoms with E-state index in [0.29, 0.717) is 12.0 Å². The van der Waals surface area contributed by atoms with Crippen LogP contribution in [0.2, 0.25) is 0 Å². The SMILES string of the molecule is C=Cc1ccc2c(c1)c1cc(-c3ccc4c(c3)c3ccccc3n4[C@@H]3CC=C(C)[C@@H]3C)ccc1n2C1C=CC(c2ccccc2)=CC1. The zero-order valence-corrected chi connectivity index (χ0v) is 27.0. The topological polar surface area (TPSA) is 9.86 Å². The average Bonchev–Trinajstić information content (AvgIpc) is 3.76. The molecule has 0 bridgehead atoms. The molecule has 2 aliphatic rings. The standard InChI is InChI=1S/C45H38N2/c1-4-31-15-23-43-38(26-31)40-28-35(18-24-44(40)46(43)36-20-16-33(17-21-36)32-10-6-5-7-11-32)34-19-25-45-39(27-34)37-12-8-9-13-42(37)47(45)41-22-14-29(2)30(41)3/h4-20,23-28,30,36,41H,1,21-22H2,2-3H3/t30-,36?,41+/m0/s1. The number of rotatable bonds is 5. The molecule has 9 rings (SSSR count). The first kappa shape index (κ1) is 27.9. The number of para-hydroxylation sites is 1. The van der Waals surface area contributed by atoms with Crippen LogP contribution in [0.5, 0.6) is 0 Å². The summed E-state index contributed by atoms with van der Waals surface area (Å²) in [5, 5.41) is 5.23. The fourth-order valence-corrected chi connectivity index (χ4v) is 8.25. The molecular formula is C45H38N2. The van der Waals surface area contributed by atoms with Crippen molar-refractivity contribution in [3.63, 3.8) is 0 Å². The third-order valence-electron chi connectivity index (χ3n) is 10.9. The summed E-state index contributed by atoms with van der Waals surface area (Å²) >= 11 is 0. The van der Waals surface area contributed by atoms with E-state index in [0.717, 1.165) is 18.4 Å². The quantitative estimate of drug-likeness (QED) is 0.173. The third kappa shape index (κ3) is 4.39.